The number of nitrogens with one attached hydrogen (secondary N) is 1. The summed E-state index contributed by atoms with van der Waals surface area (Å²) < 4.78 is 20.8. The summed E-state index contributed by atoms with van der Waals surface area (Å²) in [6.07, 6.45) is 6.57. The fraction of sp³-hybridized carbons (Fsp3) is 0.469. The monoisotopic (exact) mass is 622 g/mol. The van der Waals surface area contributed by atoms with Crippen LogP contribution < -0.4 is 14.8 Å². The first kappa shape index (κ1) is 29.2. The van der Waals surface area contributed by atoms with Crippen LogP contribution >= 0.6 is 15.9 Å². The lowest BCUT2D eigenvalue weighted by atomic mass is 9.87. The molecule has 1 aliphatic carbocycles. The van der Waals surface area contributed by atoms with Crippen LogP contribution in [0.3, 0.4) is 0 Å². The largest absolute Gasteiger partial charge is 0.490 e. The van der Waals surface area contributed by atoms with Gasteiger partial charge in [0.1, 0.15) is 25.1 Å². The van der Waals surface area contributed by atoms with Crippen LogP contribution in [0.4, 0.5) is 5.95 Å². The van der Waals surface area contributed by atoms with E-state index in [1.807, 2.05) is 26.0 Å². The van der Waals surface area contributed by atoms with Gasteiger partial charge in [-0.2, -0.15) is 10.1 Å². The van der Waals surface area contributed by atoms with Crippen LogP contribution in [0, 0.1) is 0 Å². The van der Waals surface area contributed by atoms with Gasteiger partial charge in [0.25, 0.3) is 0 Å². The number of carbonyl (C=O) groups is 1. The summed E-state index contributed by atoms with van der Waals surface area (Å²) in [5.41, 5.74) is 4.45. The zero-order chi connectivity index (χ0) is 29.1. The van der Waals surface area contributed by atoms with Gasteiger partial charge in [0.05, 0.1) is 16.7 Å². The molecule has 1 N–H and O–H groups in total. The highest BCUT2D eigenvalue weighted by Gasteiger charge is 2.36. The highest BCUT2D eigenvalue weighted by atomic mass is 79.9. The summed E-state index contributed by atoms with van der Waals surface area (Å²) in [7, 11) is 0. The van der Waals surface area contributed by atoms with Crippen molar-refractivity contribution in [2.45, 2.75) is 90.9 Å². The minimum absolute atomic E-state index is 0.0618. The number of rotatable bonds is 8. The second-order valence-electron chi connectivity index (χ2n) is 11.8. The lowest BCUT2D eigenvalue weighted by Crippen LogP contribution is -2.32. The third-order valence-corrected chi connectivity index (χ3v) is 8.28. The molecular weight excluding hydrogens is 584 g/mol. The molecular formula is C32H39BrN4O4. The molecule has 0 amide bonds. The quantitative estimate of drug-likeness (QED) is 0.260. The predicted molar refractivity (Wildman–Crippen MR) is 162 cm³/mol. The predicted octanol–water partition coefficient (Wildman–Crippen LogP) is 7.48. The van der Waals surface area contributed by atoms with Gasteiger partial charge in [-0.25, -0.2) is 9.48 Å². The number of benzene rings is 2. The van der Waals surface area contributed by atoms with Crippen molar-refractivity contribution in [3.05, 3.63) is 75.2 Å². The molecule has 0 spiro atoms. The summed E-state index contributed by atoms with van der Waals surface area (Å²) in [6.45, 7) is 11.3. The van der Waals surface area contributed by atoms with E-state index >= 15 is 0 Å². The van der Waals surface area contributed by atoms with Crippen molar-refractivity contribution >= 4 is 27.8 Å². The molecule has 1 saturated carbocycles. The van der Waals surface area contributed by atoms with Gasteiger partial charge in [-0.15, -0.1) is 0 Å². The summed E-state index contributed by atoms with van der Waals surface area (Å²) >= 11 is 3.73. The fourth-order valence-electron chi connectivity index (χ4n) is 5.47. The van der Waals surface area contributed by atoms with Crippen molar-refractivity contribution in [1.82, 2.24) is 14.8 Å². The Labute approximate surface area is 250 Å². The number of fused-ring (bicyclic) bond motifs is 1. The SMILES string of the molecule is CCOc1cc(C2C(C(=O)OC3CCCCC3)=C(C)Nc3ncnn32)cc(Br)c1OCc1ccc(C(C)(C)C)cc1. The maximum absolute atomic E-state index is 13.7. The average molecular weight is 624 g/mol. The van der Waals surface area contributed by atoms with E-state index in [1.54, 1.807) is 4.68 Å². The number of anilines is 1. The molecule has 3 aromatic rings. The maximum Gasteiger partial charge on any atom is 0.338 e. The van der Waals surface area contributed by atoms with Crippen molar-refractivity contribution < 1.29 is 19.0 Å². The third-order valence-electron chi connectivity index (χ3n) is 7.69. The molecule has 9 heteroatoms. The van der Waals surface area contributed by atoms with E-state index in [1.165, 1.54) is 18.3 Å². The Morgan fingerprint density at radius 1 is 1.10 bits per heavy atom. The molecule has 8 nitrogen and oxygen atoms in total. The maximum atomic E-state index is 13.7. The van der Waals surface area contributed by atoms with Crippen LogP contribution in [-0.4, -0.2) is 33.4 Å². The van der Waals surface area contributed by atoms with Gasteiger partial charge in [0, 0.05) is 5.70 Å². The number of esters is 1. The molecule has 1 fully saturated rings. The first-order valence-corrected chi connectivity index (χ1v) is 15.2. The minimum atomic E-state index is -0.542. The van der Waals surface area contributed by atoms with Crippen LogP contribution in [0.15, 0.2) is 58.5 Å². The topological polar surface area (TPSA) is 87.5 Å². The second kappa shape index (κ2) is 12.3. The lowest BCUT2D eigenvalue weighted by Gasteiger charge is -2.30. The first-order chi connectivity index (χ1) is 19.7. The first-order valence-electron chi connectivity index (χ1n) is 14.4. The molecule has 1 unspecified atom stereocenters. The number of halogens is 1. The van der Waals surface area contributed by atoms with E-state index in [2.05, 4.69) is 76.4 Å². The molecule has 1 atom stereocenters. The smallest absolute Gasteiger partial charge is 0.338 e. The van der Waals surface area contributed by atoms with Crippen LogP contribution in [0.1, 0.15) is 89.5 Å². The molecule has 0 radical (unpaired) electrons. The van der Waals surface area contributed by atoms with E-state index in [0.29, 0.717) is 41.9 Å². The Morgan fingerprint density at radius 3 is 2.51 bits per heavy atom. The zero-order valence-corrected chi connectivity index (χ0v) is 26.1. The molecule has 2 aromatic carbocycles. The number of allylic oxidation sites excluding steroid dienone is 1. The number of nitrogens with zero attached hydrogens (tertiary/aromatic N) is 3. The number of ether oxygens (including phenoxy) is 3. The molecule has 5 rings (SSSR count). The molecule has 1 aromatic heterocycles. The molecule has 2 aliphatic rings. The Morgan fingerprint density at radius 2 is 1.83 bits per heavy atom. The zero-order valence-electron chi connectivity index (χ0n) is 24.5. The fourth-order valence-corrected chi connectivity index (χ4v) is 6.04. The van der Waals surface area contributed by atoms with Crippen molar-refractivity contribution in [2.24, 2.45) is 0 Å². The highest BCUT2D eigenvalue weighted by molar-refractivity contribution is 9.10. The summed E-state index contributed by atoms with van der Waals surface area (Å²) in [6, 6.07) is 11.8. The number of hydrogen-bond acceptors (Lipinski definition) is 7. The van der Waals surface area contributed by atoms with Crippen molar-refractivity contribution in [3.63, 3.8) is 0 Å². The Hall–Kier alpha value is -3.33. The van der Waals surface area contributed by atoms with Gasteiger partial charge in [-0.1, -0.05) is 51.5 Å². The van der Waals surface area contributed by atoms with Gasteiger partial charge in [0.15, 0.2) is 11.5 Å². The molecule has 218 valence electrons. The highest BCUT2D eigenvalue weighted by Crippen LogP contribution is 2.43. The molecule has 2 heterocycles. The second-order valence-corrected chi connectivity index (χ2v) is 12.6. The van der Waals surface area contributed by atoms with Crippen molar-refractivity contribution in [3.8, 4) is 11.5 Å². The molecule has 1 aliphatic heterocycles. The van der Waals surface area contributed by atoms with Gasteiger partial charge in [-0.05, 0) is 89.7 Å². The van der Waals surface area contributed by atoms with E-state index < -0.39 is 6.04 Å². The number of aromatic nitrogens is 3. The molecule has 41 heavy (non-hydrogen) atoms. The normalized spacial score (nSPS) is 17.6. The van der Waals surface area contributed by atoms with Crippen LogP contribution in [0.5, 0.6) is 11.5 Å². The van der Waals surface area contributed by atoms with Crippen LogP contribution in [0.25, 0.3) is 0 Å². The van der Waals surface area contributed by atoms with Gasteiger partial charge in [0.2, 0.25) is 5.95 Å². The van der Waals surface area contributed by atoms with Gasteiger partial charge < -0.3 is 19.5 Å². The Bertz CT molecular complexity index is 1420. The minimum Gasteiger partial charge on any atom is -0.490 e. The number of hydrogen-bond donors (Lipinski definition) is 1. The Kier molecular flexibility index (Phi) is 8.73. The van der Waals surface area contributed by atoms with Crippen LogP contribution in [0.2, 0.25) is 0 Å². The van der Waals surface area contributed by atoms with Crippen LogP contribution in [-0.2, 0) is 21.6 Å². The summed E-state index contributed by atoms with van der Waals surface area (Å²) in [4.78, 5) is 18.0. The standard InChI is InChI=1S/C32H39BrN4O4/c1-6-39-26-17-22(16-25(33)29(26)40-18-21-12-14-23(15-13-21)32(3,4)5)28-27(20(2)36-31-34-19-35-37(28)31)30(38)41-24-10-8-7-9-11-24/h12-17,19,24,28H,6-11,18H2,1-5H3,(H,34,35,36). The average Bonchev–Trinajstić information content (AvgIpc) is 3.40. The molecule has 0 saturated heterocycles. The summed E-state index contributed by atoms with van der Waals surface area (Å²) in [5, 5.41) is 7.70. The number of carbonyl (C=O) groups excluding carboxylic acids is 1. The van der Waals surface area contributed by atoms with E-state index in [-0.39, 0.29) is 17.5 Å². The van der Waals surface area contributed by atoms with E-state index in [4.69, 9.17) is 14.2 Å². The van der Waals surface area contributed by atoms with Gasteiger partial charge >= 0.3 is 5.97 Å². The van der Waals surface area contributed by atoms with Crippen molar-refractivity contribution in [2.75, 3.05) is 11.9 Å². The lowest BCUT2D eigenvalue weighted by molar-refractivity contribution is -0.146. The summed E-state index contributed by atoms with van der Waals surface area (Å²) in [5.74, 6) is 1.42. The molecule has 0 bridgehead atoms. The van der Waals surface area contributed by atoms with Gasteiger partial charge in [-0.3, -0.25) is 0 Å². The van der Waals surface area contributed by atoms with Crippen molar-refractivity contribution in [1.29, 1.82) is 0 Å². The Balaban J connectivity index is 1.46. The van der Waals surface area contributed by atoms with E-state index in [0.717, 1.165) is 41.3 Å². The van der Waals surface area contributed by atoms with E-state index in [9.17, 15) is 4.79 Å². The third kappa shape index (κ3) is 6.45.